The van der Waals surface area contributed by atoms with Crippen molar-refractivity contribution in [1.29, 1.82) is 0 Å². The van der Waals surface area contributed by atoms with Crippen molar-refractivity contribution in [3.63, 3.8) is 0 Å². The number of nitrogens with one attached hydrogen (secondary N) is 1. The third-order valence-electron chi connectivity index (χ3n) is 2.99. The van der Waals surface area contributed by atoms with Crippen LogP contribution in [-0.4, -0.2) is 42.3 Å². The van der Waals surface area contributed by atoms with Gasteiger partial charge in [0.15, 0.2) is 0 Å². The van der Waals surface area contributed by atoms with Gasteiger partial charge >= 0.3 is 0 Å². The van der Waals surface area contributed by atoms with Crippen molar-refractivity contribution in [1.82, 2.24) is 4.72 Å². The van der Waals surface area contributed by atoms with Crippen LogP contribution in [0.2, 0.25) is 0 Å². The zero-order valence-electron chi connectivity index (χ0n) is 11.7. The largest absolute Gasteiger partial charge is 0.399 e. The van der Waals surface area contributed by atoms with E-state index in [-0.39, 0.29) is 10.9 Å². The highest BCUT2D eigenvalue weighted by molar-refractivity contribution is 7.89. The predicted octanol–water partition coefficient (Wildman–Crippen LogP) is 0.648. The van der Waals surface area contributed by atoms with Gasteiger partial charge in [-0.25, -0.2) is 13.1 Å². The van der Waals surface area contributed by atoms with Crippen molar-refractivity contribution in [3.05, 3.63) is 18.2 Å². The first-order chi connectivity index (χ1) is 8.83. The van der Waals surface area contributed by atoms with Gasteiger partial charge in [-0.2, -0.15) is 0 Å². The van der Waals surface area contributed by atoms with Crippen molar-refractivity contribution in [2.45, 2.75) is 17.9 Å². The Hall–Kier alpha value is -1.31. The summed E-state index contributed by atoms with van der Waals surface area (Å²) in [5.41, 5.74) is 6.68. The number of nitrogens with zero attached hydrogens (tertiary/aromatic N) is 1. The minimum absolute atomic E-state index is 0.0411. The van der Waals surface area contributed by atoms with Gasteiger partial charge in [0.2, 0.25) is 10.0 Å². The first-order valence-electron chi connectivity index (χ1n) is 5.88. The van der Waals surface area contributed by atoms with Crippen LogP contribution >= 0.6 is 0 Å². The maximum Gasteiger partial charge on any atom is 0.242 e. The highest BCUT2D eigenvalue weighted by Crippen LogP contribution is 2.27. The molecule has 0 aliphatic carbocycles. The second-order valence-electron chi connectivity index (χ2n) is 4.35. The van der Waals surface area contributed by atoms with Crippen LogP contribution in [0, 0.1) is 0 Å². The summed E-state index contributed by atoms with van der Waals surface area (Å²) in [5.74, 6) is 0. The molecule has 0 saturated heterocycles. The van der Waals surface area contributed by atoms with Gasteiger partial charge in [0.25, 0.3) is 0 Å². The van der Waals surface area contributed by atoms with Crippen LogP contribution in [0.5, 0.6) is 0 Å². The Morgan fingerprint density at radius 3 is 2.63 bits per heavy atom. The van der Waals surface area contributed by atoms with E-state index in [2.05, 4.69) is 4.72 Å². The van der Waals surface area contributed by atoms with E-state index >= 15 is 0 Å². The number of nitrogen functional groups attached to an aromatic ring is 1. The molecule has 1 aromatic rings. The number of ether oxygens (including phenoxy) is 1. The van der Waals surface area contributed by atoms with E-state index in [0.29, 0.717) is 18.0 Å². The quantitative estimate of drug-likeness (QED) is 0.750. The molecule has 0 bridgehead atoms. The number of methoxy groups -OCH3 is 1. The van der Waals surface area contributed by atoms with Gasteiger partial charge < -0.3 is 15.4 Å². The van der Waals surface area contributed by atoms with Crippen LogP contribution in [0.25, 0.3) is 0 Å². The van der Waals surface area contributed by atoms with Crippen LogP contribution in [0.3, 0.4) is 0 Å². The molecule has 0 aromatic heterocycles. The van der Waals surface area contributed by atoms with Crippen molar-refractivity contribution >= 4 is 21.4 Å². The Morgan fingerprint density at radius 2 is 2.11 bits per heavy atom. The van der Waals surface area contributed by atoms with Crippen LogP contribution in [0.1, 0.15) is 6.92 Å². The fourth-order valence-electron chi connectivity index (χ4n) is 1.74. The molecule has 0 spiro atoms. The highest BCUT2D eigenvalue weighted by Gasteiger charge is 2.21. The molecule has 0 amide bonds. The van der Waals surface area contributed by atoms with Gasteiger partial charge in [-0.15, -0.1) is 0 Å². The maximum absolute atomic E-state index is 12.0. The molecule has 7 heteroatoms. The molecular weight excluding hydrogens is 266 g/mol. The lowest BCUT2D eigenvalue weighted by atomic mass is 10.2. The first kappa shape index (κ1) is 15.7. The zero-order chi connectivity index (χ0) is 14.6. The lowest BCUT2D eigenvalue weighted by molar-refractivity contribution is 0.183. The number of nitrogens with two attached hydrogens (primary N) is 1. The lowest BCUT2D eigenvalue weighted by Crippen LogP contribution is -2.34. The standard InChI is InChI=1S/C12H21N3O3S/c1-9(8-18-4)15(3)11-6-5-10(13)7-12(11)19(16,17)14-2/h5-7,9,14H,8,13H2,1-4H3. The Bertz CT molecular complexity index is 531. The predicted molar refractivity (Wildman–Crippen MR) is 76.8 cm³/mol. The molecule has 0 radical (unpaired) electrons. The fraction of sp³-hybridized carbons (Fsp3) is 0.500. The maximum atomic E-state index is 12.0. The average Bonchev–Trinajstić information content (AvgIpc) is 2.38. The molecule has 1 rings (SSSR count). The monoisotopic (exact) mass is 287 g/mol. The van der Waals surface area contributed by atoms with Crippen LogP contribution in [-0.2, 0) is 14.8 Å². The molecule has 0 aliphatic rings. The number of hydrogen-bond donors (Lipinski definition) is 2. The second kappa shape index (κ2) is 6.23. The summed E-state index contributed by atoms with van der Waals surface area (Å²) in [4.78, 5) is 2.02. The molecule has 19 heavy (non-hydrogen) atoms. The minimum atomic E-state index is -3.56. The smallest absolute Gasteiger partial charge is 0.242 e. The second-order valence-corrected chi connectivity index (χ2v) is 6.20. The molecule has 6 nitrogen and oxygen atoms in total. The van der Waals surface area contributed by atoms with Crippen molar-refractivity contribution < 1.29 is 13.2 Å². The number of sulfonamides is 1. The number of anilines is 2. The van der Waals surface area contributed by atoms with E-state index < -0.39 is 10.0 Å². The highest BCUT2D eigenvalue weighted by atomic mass is 32.2. The SMILES string of the molecule is CNS(=O)(=O)c1cc(N)ccc1N(C)C(C)COC. The molecule has 0 heterocycles. The molecule has 1 unspecified atom stereocenters. The minimum Gasteiger partial charge on any atom is -0.399 e. The van der Waals surface area contributed by atoms with Gasteiger partial charge in [0.05, 0.1) is 12.3 Å². The Morgan fingerprint density at radius 1 is 1.47 bits per heavy atom. The van der Waals surface area contributed by atoms with E-state index in [0.717, 1.165) is 0 Å². The van der Waals surface area contributed by atoms with E-state index in [4.69, 9.17) is 10.5 Å². The summed E-state index contributed by atoms with van der Waals surface area (Å²) in [5, 5.41) is 0. The Labute approximate surface area is 114 Å². The summed E-state index contributed by atoms with van der Waals surface area (Å²) in [6, 6.07) is 4.88. The Kier molecular flexibility index (Phi) is 5.16. The summed E-state index contributed by atoms with van der Waals surface area (Å²) in [6.07, 6.45) is 0. The summed E-state index contributed by atoms with van der Waals surface area (Å²) < 4.78 is 31.5. The van der Waals surface area contributed by atoms with E-state index in [1.165, 1.54) is 13.1 Å². The van der Waals surface area contributed by atoms with Gasteiger partial charge in [0, 0.05) is 25.9 Å². The molecule has 3 N–H and O–H groups in total. The molecule has 0 aliphatic heterocycles. The molecule has 1 atom stereocenters. The molecular formula is C12H21N3O3S. The summed E-state index contributed by atoms with van der Waals surface area (Å²) in [6.45, 7) is 2.45. The van der Waals surface area contributed by atoms with Crippen LogP contribution in [0.4, 0.5) is 11.4 Å². The Balaban J connectivity index is 3.28. The van der Waals surface area contributed by atoms with Crippen molar-refractivity contribution in [2.24, 2.45) is 0 Å². The molecule has 108 valence electrons. The summed E-state index contributed by atoms with van der Waals surface area (Å²) >= 11 is 0. The first-order valence-corrected chi connectivity index (χ1v) is 7.36. The fourth-order valence-corrected chi connectivity index (χ4v) is 2.74. The normalized spacial score (nSPS) is 13.3. The van der Waals surface area contributed by atoms with Crippen LogP contribution in [0.15, 0.2) is 23.1 Å². The zero-order valence-corrected chi connectivity index (χ0v) is 12.5. The third kappa shape index (κ3) is 3.59. The number of benzene rings is 1. The number of likely N-dealkylation sites (N-methyl/N-ethyl adjacent to an activating group) is 1. The van der Waals surface area contributed by atoms with Gasteiger partial charge in [0.1, 0.15) is 4.90 Å². The summed E-state index contributed by atoms with van der Waals surface area (Å²) in [7, 11) is 1.25. The van der Waals surface area contributed by atoms with Gasteiger partial charge in [-0.05, 0) is 32.2 Å². The van der Waals surface area contributed by atoms with E-state index in [9.17, 15) is 8.42 Å². The van der Waals surface area contributed by atoms with Crippen molar-refractivity contribution in [3.8, 4) is 0 Å². The topological polar surface area (TPSA) is 84.7 Å². The molecule has 0 fully saturated rings. The third-order valence-corrected chi connectivity index (χ3v) is 4.43. The average molecular weight is 287 g/mol. The number of rotatable bonds is 6. The van der Waals surface area contributed by atoms with Gasteiger partial charge in [-0.1, -0.05) is 0 Å². The molecule has 1 aromatic carbocycles. The lowest BCUT2D eigenvalue weighted by Gasteiger charge is -2.28. The van der Waals surface area contributed by atoms with Crippen molar-refractivity contribution in [2.75, 3.05) is 38.4 Å². The van der Waals surface area contributed by atoms with E-state index in [1.54, 1.807) is 19.2 Å². The van der Waals surface area contributed by atoms with Gasteiger partial charge in [-0.3, -0.25) is 0 Å². The number of hydrogen-bond acceptors (Lipinski definition) is 5. The molecule has 0 saturated carbocycles. The van der Waals surface area contributed by atoms with Crippen LogP contribution < -0.4 is 15.4 Å². The van der Waals surface area contributed by atoms with E-state index in [1.807, 2.05) is 18.9 Å².